The van der Waals surface area contributed by atoms with E-state index in [0.29, 0.717) is 13.1 Å². The van der Waals surface area contributed by atoms with Crippen molar-refractivity contribution in [3.8, 4) is 0 Å². The second kappa shape index (κ2) is 7.79. The van der Waals surface area contributed by atoms with Gasteiger partial charge in [0.25, 0.3) is 5.91 Å². The molecule has 1 aliphatic carbocycles. The summed E-state index contributed by atoms with van der Waals surface area (Å²) in [6, 6.07) is 7.91. The highest BCUT2D eigenvalue weighted by atomic mass is 16.5. The Morgan fingerprint density at radius 2 is 1.92 bits per heavy atom. The Morgan fingerprint density at radius 3 is 2.62 bits per heavy atom. The quantitative estimate of drug-likeness (QED) is 0.922. The van der Waals surface area contributed by atoms with Crippen molar-refractivity contribution in [2.75, 3.05) is 24.6 Å². The lowest BCUT2D eigenvalue weighted by molar-refractivity contribution is -0.130. The minimum Gasteiger partial charge on any atom is -0.365 e. The van der Waals surface area contributed by atoms with Gasteiger partial charge >= 0.3 is 0 Å². The summed E-state index contributed by atoms with van der Waals surface area (Å²) in [5.74, 6) is 0.253. The van der Waals surface area contributed by atoms with Gasteiger partial charge in [0.1, 0.15) is 6.61 Å². The zero-order valence-electron chi connectivity index (χ0n) is 14.3. The first-order chi connectivity index (χ1) is 11.6. The van der Waals surface area contributed by atoms with Gasteiger partial charge in [-0.1, -0.05) is 37.0 Å². The fraction of sp³-hybridized carbons (Fsp3) is 0.579. The molecule has 0 spiro atoms. The van der Waals surface area contributed by atoms with Crippen LogP contribution in [0.5, 0.6) is 0 Å². The van der Waals surface area contributed by atoms with Crippen molar-refractivity contribution in [2.45, 2.75) is 45.1 Å². The van der Waals surface area contributed by atoms with Gasteiger partial charge in [0.05, 0.1) is 12.6 Å². The van der Waals surface area contributed by atoms with Crippen molar-refractivity contribution in [3.05, 3.63) is 29.8 Å². The minimum atomic E-state index is -0.156. The molecule has 5 nitrogen and oxygen atoms in total. The third kappa shape index (κ3) is 4.15. The van der Waals surface area contributed by atoms with Gasteiger partial charge in [-0.3, -0.25) is 9.59 Å². The van der Waals surface area contributed by atoms with E-state index in [2.05, 4.69) is 5.32 Å². The molecule has 1 aliphatic heterocycles. The predicted molar refractivity (Wildman–Crippen MR) is 92.9 cm³/mol. The van der Waals surface area contributed by atoms with Gasteiger partial charge < -0.3 is 15.0 Å². The van der Waals surface area contributed by atoms with E-state index in [4.69, 9.17) is 4.74 Å². The summed E-state index contributed by atoms with van der Waals surface area (Å²) in [4.78, 5) is 26.1. The first kappa shape index (κ1) is 17.0. The van der Waals surface area contributed by atoms with Crippen LogP contribution in [0.1, 0.15) is 37.7 Å². The number of amides is 2. The summed E-state index contributed by atoms with van der Waals surface area (Å²) in [7, 11) is 0. The van der Waals surface area contributed by atoms with Crippen LogP contribution in [0.4, 0.5) is 5.69 Å². The molecule has 1 saturated heterocycles. The Kier molecular flexibility index (Phi) is 5.51. The molecule has 2 amide bonds. The van der Waals surface area contributed by atoms with Crippen molar-refractivity contribution >= 4 is 17.5 Å². The molecule has 1 aromatic rings. The normalized spacial score (nSPS) is 22.5. The number of morpholine rings is 1. The fourth-order valence-corrected chi connectivity index (χ4v) is 3.45. The van der Waals surface area contributed by atoms with E-state index in [1.807, 2.05) is 31.2 Å². The molecule has 130 valence electrons. The van der Waals surface area contributed by atoms with Gasteiger partial charge in [0, 0.05) is 18.2 Å². The van der Waals surface area contributed by atoms with E-state index in [-0.39, 0.29) is 30.4 Å². The highest BCUT2D eigenvalue weighted by Crippen LogP contribution is 2.24. The molecule has 0 radical (unpaired) electrons. The predicted octanol–water partition coefficient (Wildman–Crippen LogP) is 2.42. The number of carbonyl (C=O) groups is 2. The third-order valence-electron chi connectivity index (χ3n) is 4.96. The van der Waals surface area contributed by atoms with Crippen LogP contribution < -0.4 is 10.2 Å². The second-order valence-corrected chi connectivity index (χ2v) is 6.85. The van der Waals surface area contributed by atoms with Gasteiger partial charge in [0.15, 0.2) is 0 Å². The number of benzene rings is 1. The highest BCUT2D eigenvalue weighted by Gasteiger charge is 2.28. The number of nitrogens with zero attached hydrogens (tertiary/aromatic N) is 1. The molecule has 1 saturated carbocycles. The molecule has 1 aromatic carbocycles. The molecular formula is C19H26N2O3. The van der Waals surface area contributed by atoms with E-state index in [9.17, 15) is 9.59 Å². The summed E-state index contributed by atoms with van der Waals surface area (Å²) >= 11 is 0. The van der Waals surface area contributed by atoms with Gasteiger partial charge in [-0.15, -0.1) is 0 Å². The SMILES string of the molecule is Cc1ccc(N2CC(CNC(=O)C3CCCCC3)OCC2=O)cc1. The maximum atomic E-state index is 12.2. The monoisotopic (exact) mass is 330 g/mol. The van der Waals surface area contributed by atoms with Crippen molar-refractivity contribution in [1.82, 2.24) is 5.32 Å². The van der Waals surface area contributed by atoms with Crippen LogP contribution in [0.2, 0.25) is 0 Å². The second-order valence-electron chi connectivity index (χ2n) is 6.85. The number of nitrogens with one attached hydrogen (secondary N) is 1. The number of ether oxygens (including phenoxy) is 1. The summed E-state index contributed by atoms with van der Waals surface area (Å²) < 4.78 is 5.60. The van der Waals surface area contributed by atoms with Crippen LogP contribution in [0, 0.1) is 12.8 Å². The number of hydrogen-bond acceptors (Lipinski definition) is 3. The molecule has 2 fully saturated rings. The zero-order chi connectivity index (χ0) is 16.9. The van der Waals surface area contributed by atoms with E-state index < -0.39 is 0 Å². The molecule has 1 atom stereocenters. The van der Waals surface area contributed by atoms with Crippen LogP contribution in [-0.4, -0.2) is 37.6 Å². The Bertz CT molecular complexity index is 579. The van der Waals surface area contributed by atoms with Crippen LogP contribution in [0.3, 0.4) is 0 Å². The highest BCUT2D eigenvalue weighted by molar-refractivity contribution is 5.95. The van der Waals surface area contributed by atoms with Gasteiger partial charge in [-0.2, -0.15) is 0 Å². The maximum Gasteiger partial charge on any atom is 0.253 e. The first-order valence-corrected chi connectivity index (χ1v) is 8.90. The first-order valence-electron chi connectivity index (χ1n) is 8.90. The largest absolute Gasteiger partial charge is 0.365 e. The topological polar surface area (TPSA) is 58.6 Å². The van der Waals surface area contributed by atoms with E-state index in [0.717, 1.165) is 36.9 Å². The summed E-state index contributed by atoms with van der Waals surface area (Å²) in [6.07, 6.45) is 5.36. The minimum absolute atomic E-state index is 0.0336. The average molecular weight is 330 g/mol. The Labute approximate surface area is 143 Å². The van der Waals surface area contributed by atoms with Gasteiger partial charge in [-0.25, -0.2) is 0 Å². The molecule has 0 bridgehead atoms. The van der Waals surface area contributed by atoms with Crippen molar-refractivity contribution < 1.29 is 14.3 Å². The molecule has 2 aliphatic rings. The maximum absolute atomic E-state index is 12.2. The zero-order valence-corrected chi connectivity index (χ0v) is 14.3. The van der Waals surface area contributed by atoms with Crippen LogP contribution in [0.25, 0.3) is 0 Å². The Balaban J connectivity index is 1.54. The van der Waals surface area contributed by atoms with Gasteiger partial charge in [0.2, 0.25) is 5.91 Å². The van der Waals surface area contributed by atoms with E-state index in [1.54, 1.807) is 4.90 Å². The van der Waals surface area contributed by atoms with E-state index in [1.165, 1.54) is 6.42 Å². The van der Waals surface area contributed by atoms with Gasteiger partial charge in [-0.05, 0) is 31.9 Å². The number of aryl methyl sites for hydroxylation is 1. The molecule has 1 heterocycles. The fourth-order valence-electron chi connectivity index (χ4n) is 3.45. The molecular weight excluding hydrogens is 304 g/mol. The average Bonchev–Trinajstić information content (AvgIpc) is 2.62. The summed E-state index contributed by atoms with van der Waals surface area (Å²) in [5, 5.41) is 3.02. The molecule has 1 unspecified atom stereocenters. The lowest BCUT2D eigenvalue weighted by Crippen LogP contribution is -2.51. The van der Waals surface area contributed by atoms with Crippen LogP contribution in [0.15, 0.2) is 24.3 Å². The molecule has 0 aromatic heterocycles. The number of rotatable bonds is 4. The Hall–Kier alpha value is -1.88. The lowest BCUT2D eigenvalue weighted by atomic mass is 9.88. The van der Waals surface area contributed by atoms with Crippen LogP contribution in [-0.2, 0) is 14.3 Å². The standard InChI is InChI=1S/C19H26N2O3/c1-14-7-9-16(10-8-14)21-12-17(24-13-18(21)22)11-20-19(23)15-5-3-2-4-6-15/h7-10,15,17H,2-6,11-13H2,1H3,(H,20,23). The Morgan fingerprint density at radius 1 is 1.21 bits per heavy atom. The molecule has 1 N–H and O–H groups in total. The summed E-state index contributed by atoms with van der Waals surface area (Å²) in [6.45, 7) is 3.03. The summed E-state index contributed by atoms with van der Waals surface area (Å²) in [5.41, 5.74) is 2.05. The van der Waals surface area contributed by atoms with Crippen LogP contribution >= 0.6 is 0 Å². The molecule has 24 heavy (non-hydrogen) atoms. The number of anilines is 1. The molecule has 5 heteroatoms. The third-order valence-corrected chi connectivity index (χ3v) is 4.96. The molecule has 3 rings (SSSR count). The van der Waals surface area contributed by atoms with Crippen molar-refractivity contribution in [2.24, 2.45) is 5.92 Å². The number of hydrogen-bond donors (Lipinski definition) is 1. The van der Waals surface area contributed by atoms with E-state index >= 15 is 0 Å². The lowest BCUT2D eigenvalue weighted by Gasteiger charge is -2.33. The van der Waals surface area contributed by atoms with Crippen molar-refractivity contribution in [3.63, 3.8) is 0 Å². The van der Waals surface area contributed by atoms with Crippen molar-refractivity contribution in [1.29, 1.82) is 0 Å². The number of carbonyl (C=O) groups excluding carboxylic acids is 2. The smallest absolute Gasteiger partial charge is 0.253 e.